The van der Waals surface area contributed by atoms with Gasteiger partial charge in [0, 0.05) is 41.0 Å². The molecule has 0 radical (unpaired) electrons. The topological polar surface area (TPSA) is 176 Å². The van der Waals surface area contributed by atoms with Crippen molar-refractivity contribution in [3.63, 3.8) is 0 Å². The zero-order valence-electron chi connectivity index (χ0n) is 26.3. The van der Waals surface area contributed by atoms with E-state index in [2.05, 4.69) is 15.3 Å². The smallest absolute Gasteiger partial charge is 0.268 e. The predicted molar refractivity (Wildman–Crippen MR) is 179 cm³/mol. The molecule has 5 aromatic rings. The lowest BCUT2D eigenvalue weighted by Gasteiger charge is -2.21. The second kappa shape index (κ2) is 14.4. The number of para-hydroxylation sites is 1. The molecule has 1 aliphatic rings. The summed E-state index contributed by atoms with van der Waals surface area (Å²) in [6, 6.07) is 18.9. The van der Waals surface area contributed by atoms with E-state index in [1.807, 2.05) is 6.07 Å². The number of hydrogen-bond acceptors (Lipinski definition) is 10. The summed E-state index contributed by atoms with van der Waals surface area (Å²) in [6.07, 6.45) is 4.68. The monoisotopic (exact) mass is 672 g/mol. The number of nitrogens with zero attached hydrogens (tertiary/aromatic N) is 3. The molecule has 0 bridgehead atoms. The van der Waals surface area contributed by atoms with Crippen molar-refractivity contribution < 1.29 is 36.8 Å². The number of carbonyl (C=O) groups is 2. The number of Topliss-reactive ketones (excluding diaryl/α,β-unsaturated/α-hetero) is 1. The number of pyridine rings is 3. The van der Waals surface area contributed by atoms with E-state index in [1.165, 1.54) is 23.8 Å². The first-order chi connectivity index (χ1) is 23.0. The van der Waals surface area contributed by atoms with E-state index in [0.717, 1.165) is 0 Å². The number of hydrogen-bond donors (Lipinski definition) is 2. The highest BCUT2D eigenvalue weighted by molar-refractivity contribution is 7.85. The van der Waals surface area contributed by atoms with Crippen molar-refractivity contribution >= 4 is 38.5 Å². The Bertz CT molecular complexity index is 2150. The number of carbonyl (C=O) groups excluding carboxylic acids is 2. The molecule has 0 saturated carbocycles. The Morgan fingerprint density at radius 1 is 0.938 bits per heavy atom. The molecule has 2 N–H and O–H groups in total. The molecule has 0 unspecified atom stereocenters. The Kier molecular flexibility index (Phi) is 10.2. The normalized spacial score (nSPS) is 12.4. The van der Waals surface area contributed by atoms with Crippen LogP contribution in [0.1, 0.15) is 46.2 Å². The van der Waals surface area contributed by atoms with Crippen LogP contribution in [-0.4, -0.2) is 59.2 Å². The van der Waals surface area contributed by atoms with E-state index >= 15 is 0 Å². The van der Waals surface area contributed by atoms with E-state index in [9.17, 15) is 22.8 Å². The average Bonchev–Trinajstić information content (AvgIpc) is 3.09. The SMILES string of the molecule is CCS(=O)(=O)O.COc1cc2nccc(Oc3ccc(NC(=O)c4cc5c(n(-c6ccccc6)c4=O)CCCC5=O)nc3)c2cc1OC. The van der Waals surface area contributed by atoms with Gasteiger partial charge in [0.15, 0.2) is 17.3 Å². The lowest BCUT2D eigenvalue weighted by molar-refractivity contribution is 0.0971. The number of ether oxygens (including phenoxy) is 3. The molecular weight excluding hydrogens is 640 g/mol. The van der Waals surface area contributed by atoms with Crippen molar-refractivity contribution in [2.45, 2.75) is 26.2 Å². The van der Waals surface area contributed by atoms with Gasteiger partial charge in [0.2, 0.25) is 0 Å². The molecule has 0 fully saturated rings. The minimum Gasteiger partial charge on any atom is -0.493 e. The van der Waals surface area contributed by atoms with Gasteiger partial charge in [-0.3, -0.25) is 28.5 Å². The average molecular weight is 673 g/mol. The highest BCUT2D eigenvalue weighted by Gasteiger charge is 2.26. The van der Waals surface area contributed by atoms with Gasteiger partial charge in [-0.1, -0.05) is 18.2 Å². The number of fused-ring (bicyclic) bond motifs is 2. The predicted octanol–water partition coefficient (Wildman–Crippen LogP) is 5.26. The van der Waals surface area contributed by atoms with Crippen LogP contribution in [0.4, 0.5) is 5.82 Å². The largest absolute Gasteiger partial charge is 0.493 e. The van der Waals surface area contributed by atoms with Crippen molar-refractivity contribution in [1.82, 2.24) is 14.5 Å². The molecule has 0 atom stereocenters. The number of amides is 1. The fourth-order valence-corrected chi connectivity index (χ4v) is 5.07. The van der Waals surface area contributed by atoms with Gasteiger partial charge >= 0.3 is 0 Å². The maximum Gasteiger partial charge on any atom is 0.268 e. The number of benzene rings is 2. The van der Waals surface area contributed by atoms with E-state index in [4.69, 9.17) is 18.8 Å². The fourth-order valence-electron chi connectivity index (χ4n) is 5.07. The highest BCUT2D eigenvalue weighted by Crippen LogP contribution is 2.37. The summed E-state index contributed by atoms with van der Waals surface area (Å²) in [5, 5.41) is 3.39. The number of aromatic nitrogens is 3. The molecule has 14 heteroatoms. The van der Waals surface area contributed by atoms with E-state index < -0.39 is 21.6 Å². The number of rotatable bonds is 8. The van der Waals surface area contributed by atoms with Crippen LogP contribution in [0.3, 0.4) is 0 Å². The van der Waals surface area contributed by atoms with E-state index in [0.29, 0.717) is 70.1 Å². The number of anilines is 1. The molecular formula is C34H32N4O9S. The van der Waals surface area contributed by atoms with Crippen LogP contribution in [-0.2, 0) is 16.5 Å². The van der Waals surface area contributed by atoms with Gasteiger partial charge in [0.05, 0.1) is 31.7 Å². The number of ketones is 1. The summed E-state index contributed by atoms with van der Waals surface area (Å²) in [5.74, 6) is 1.30. The third kappa shape index (κ3) is 7.51. The van der Waals surface area contributed by atoms with Crippen molar-refractivity contribution in [2.75, 3.05) is 25.3 Å². The van der Waals surface area contributed by atoms with Crippen molar-refractivity contribution in [2.24, 2.45) is 0 Å². The first-order valence-corrected chi connectivity index (χ1v) is 16.4. The standard InChI is InChI=1S/C32H26N4O6.C2H6O3S/c1-40-28-16-21-24(17-29(28)41-2)33-14-13-27(21)42-20-11-12-30(34-18-20)35-31(38)23-15-22-25(9-6-10-26(22)37)36(32(23)39)19-7-4-3-5-8-19;1-2-6(3,4)5/h3-5,7-8,11-18H,6,9-10H2,1-2H3,(H,34,35,38);2H2,1H3,(H,3,4,5). The molecule has 3 heterocycles. The van der Waals surface area contributed by atoms with Gasteiger partial charge in [-0.25, -0.2) is 4.98 Å². The highest BCUT2D eigenvalue weighted by atomic mass is 32.2. The molecule has 13 nitrogen and oxygen atoms in total. The van der Waals surface area contributed by atoms with Crippen molar-refractivity contribution in [1.29, 1.82) is 0 Å². The minimum absolute atomic E-state index is 0.0886. The number of methoxy groups -OCH3 is 2. The molecule has 0 aliphatic heterocycles. The lowest BCUT2D eigenvalue weighted by Crippen LogP contribution is -2.33. The number of nitrogens with one attached hydrogen (secondary N) is 1. The Morgan fingerprint density at radius 3 is 2.29 bits per heavy atom. The summed E-state index contributed by atoms with van der Waals surface area (Å²) in [4.78, 5) is 48.3. The van der Waals surface area contributed by atoms with Gasteiger partial charge in [-0.15, -0.1) is 0 Å². The Hall–Kier alpha value is -5.60. The van der Waals surface area contributed by atoms with Crippen molar-refractivity contribution in [3.8, 4) is 28.7 Å². The third-order valence-corrected chi connectivity index (χ3v) is 8.19. The molecule has 2 aromatic carbocycles. The van der Waals surface area contributed by atoms with Crippen LogP contribution < -0.4 is 25.1 Å². The maximum atomic E-state index is 13.6. The Balaban J connectivity index is 0.000000689. The first-order valence-electron chi connectivity index (χ1n) is 14.8. The molecule has 3 aromatic heterocycles. The van der Waals surface area contributed by atoms with Gasteiger partial charge < -0.3 is 19.5 Å². The summed E-state index contributed by atoms with van der Waals surface area (Å²) >= 11 is 0. The minimum atomic E-state index is -3.66. The van der Waals surface area contributed by atoms with Crippen LogP contribution in [0.15, 0.2) is 83.9 Å². The Labute approximate surface area is 275 Å². The molecule has 0 saturated heterocycles. The van der Waals surface area contributed by atoms with Crippen molar-refractivity contribution in [3.05, 3.63) is 106 Å². The summed E-state index contributed by atoms with van der Waals surface area (Å²) in [6.45, 7) is 1.37. The molecule has 48 heavy (non-hydrogen) atoms. The van der Waals surface area contributed by atoms with E-state index in [1.54, 1.807) is 75.0 Å². The van der Waals surface area contributed by atoms with E-state index in [-0.39, 0.29) is 22.9 Å². The maximum absolute atomic E-state index is 13.6. The molecule has 248 valence electrons. The zero-order chi connectivity index (χ0) is 34.4. The summed E-state index contributed by atoms with van der Waals surface area (Å²) in [5.41, 5.74) is 1.64. The molecule has 0 spiro atoms. The van der Waals surface area contributed by atoms with Crippen LogP contribution in [0.5, 0.6) is 23.0 Å². The summed E-state index contributed by atoms with van der Waals surface area (Å²) < 4.78 is 45.2. The fraction of sp³-hybridized carbons (Fsp3) is 0.206. The summed E-state index contributed by atoms with van der Waals surface area (Å²) in [7, 11) is -0.554. The quantitative estimate of drug-likeness (QED) is 0.206. The van der Waals surface area contributed by atoms with Crippen LogP contribution in [0, 0.1) is 0 Å². The second-order valence-electron chi connectivity index (χ2n) is 10.5. The lowest BCUT2D eigenvalue weighted by atomic mass is 9.92. The third-order valence-electron chi connectivity index (χ3n) is 7.46. The van der Waals surface area contributed by atoms with Gasteiger partial charge in [-0.05, 0) is 62.2 Å². The first kappa shape index (κ1) is 33.8. The van der Waals surface area contributed by atoms with Gasteiger partial charge in [-0.2, -0.15) is 8.42 Å². The zero-order valence-corrected chi connectivity index (χ0v) is 27.1. The van der Waals surface area contributed by atoms with Crippen LogP contribution in [0.25, 0.3) is 16.6 Å². The van der Waals surface area contributed by atoms with Crippen LogP contribution in [0.2, 0.25) is 0 Å². The molecule has 1 aliphatic carbocycles. The van der Waals surface area contributed by atoms with Gasteiger partial charge in [0.25, 0.3) is 21.6 Å². The van der Waals surface area contributed by atoms with Crippen LogP contribution >= 0.6 is 0 Å². The van der Waals surface area contributed by atoms with Gasteiger partial charge in [0.1, 0.15) is 22.9 Å². The Morgan fingerprint density at radius 2 is 1.65 bits per heavy atom. The molecule has 1 amide bonds. The second-order valence-corrected chi connectivity index (χ2v) is 12.3. The molecule has 6 rings (SSSR count).